The minimum absolute atomic E-state index is 0.835. The van der Waals surface area contributed by atoms with Gasteiger partial charge in [0.15, 0.2) is 5.96 Å². The third-order valence-electron chi connectivity index (χ3n) is 3.02. The molecule has 20 heavy (non-hydrogen) atoms. The molecule has 1 aromatic rings. The van der Waals surface area contributed by atoms with E-state index in [0.29, 0.717) is 0 Å². The lowest BCUT2D eigenvalue weighted by Gasteiger charge is -2.11. The molecule has 0 aliphatic rings. The zero-order valence-electron chi connectivity index (χ0n) is 13.2. The van der Waals surface area contributed by atoms with Crippen LogP contribution < -0.4 is 10.6 Å². The van der Waals surface area contributed by atoms with Gasteiger partial charge in [0.2, 0.25) is 0 Å². The molecule has 5 heteroatoms. The maximum atomic E-state index is 4.59. The number of aromatic nitrogens is 2. The average Bonchev–Trinajstić information content (AvgIpc) is 2.84. The van der Waals surface area contributed by atoms with Crippen LogP contribution in [0.15, 0.2) is 17.4 Å². The van der Waals surface area contributed by atoms with Gasteiger partial charge in [-0.2, -0.15) is 5.10 Å². The monoisotopic (exact) mass is 279 g/mol. The normalized spacial score (nSPS) is 11.7. The summed E-state index contributed by atoms with van der Waals surface area (Å²) < 4.78 is 1.95. The molecule has 0 amide bonds. The first-order valence-electron chi connectivity index (χ1n) is 7.77. The highest BCUT2D eigenvalue weighted by molar-refractivity contribution is 5.79. The lowest BCUT2D eigenvalue weighted by molar-refractivity contribution is 0.596. The summed E-state index contributed by atoms with van der Waals surface area (Å²) in [5.74, 6) is 0.910. The number of aliphatic imine (C=N–C) groups is 1. The van der Waals surface area contributed by atoms with Crippen molar-refractivity contribution in [1.29, 1.82) is 0 Å². The van der Waals surface area contributed by atoms with Gasteiger partial charge in [-0.05, 0) is 25.8 Å². The van der Waals surface area contributed by atoms with Gasteiger partial charge in [0.1, 0.15) is 0 Å². The number of unbranched alkanes of at least 4 members (excludes halogenated alkanes) is 3. The summed E-state index contributed by atoms with van der Waals surface area (Å²) in [7, 11) is 0. The molecule has 1 aromatic heterocycles. The maximum Gasteiger partial charge on any atom is 0.191 e. The highest BCUT2D eigenvalue weighted by atomic mass is 15.3. The van der Waals surface area contributed by atoms with Crippen LogP contribution in [0, 0.1) is 6.92 Å². The molecule has 0 atom stereocenters. The fourth-order valence-corrected chi connectivity index (χ4v) is 1.95. The Morgan fingerprint density at radius 1 is 1.25 bits per heavy atom. The van der Waals surface area contributed by atoms with Gasteiger partial charge in [-0.15, -0.1) is 0 Å². The van der Waals surface area contributed by atoms with E-state index in [9.17, 15) is 0 Å². The third-order valence-corrected chi connectivity index (χ3v) is 3.02. The summed E-state index contributed by atoms with van der Waals surface area (Å²) >= 11 is 0. The first-order valence-corrected chi connectivity index (χ1v) is 7.77. The van der Waals surface area contributed by atoms with Crippen molar-refractivity contribution in [2.75, 3.05) is 19.6 Å². The molecule has 0 fully saturated rings. The molecule has 1 heterocycles. The van der Waals surface area contributed by atoms with E-state index in [1.807, 2.05) is 10.9 Å². The molecule has 0 radical (unpaired) electrons. The Morgan fingerprint density at radius 2 is 2.10 bits per heavy atom. The quantitative estimate of drug-likeness (QED) is 0.414. The Hall–Kier alpha value is -1.52. The lowest BCUT2D eigenvalue weighted by Crippen LogP contribution is -2.39. The van der Waals surface area contributed by atoms with Crippen molar-refractivity contribution in [3.05, 3.63) is 18.0 Å². The summed E-state index contributed by atoms with van der Waals surface area (Å²) in [5, 5.41) is 10.9. The van der Waals surface area contributed by atoms with Crippen LogP contribution in [-0.4, -0.2) is 35.4 Å². The Labute approximate surface area is 122 Å². The fraction of sp³-hybridized carbons (Fsp3) is 0.733. The van der Waals surface area contributed by atoms with E-state index in [-0.39, 0.29) is 0 Å². The Bertz CT molecular complexity index is 383. The van der Waals surface area contributed by atoms with E-state index in [0.717, 1.165) is 32.1 Å². The predicted octanol–water partition coefficient (Wildman–Crippen LogP) is 2.33. The number of rotatable bonds is 9. The maximum absolute atomic E-state index is 4.59. The third kappa shape index (κ3) is 7.16. The van der Waals surface area contributed by atoms with Crippen LogP contribution in [0.1, 0.15) is 45.1 Å². The minimum atomic E-state index is 0.835. The van der Waals surface area contributed by atoms with Crippen LogP contribution in [-0.2, 0) is 6.54 Å². The van der Waals surface area contributed by atoms with Crippen LogP contribution in [0.2, 0.25) is 0 Å². The average molecular weight is 279 g/mol. The highest BCUT2D eigenvalue weighted by Gasteiger charge is 1.98. The fourth-order valence-electron chi connectivity index (χ4n) is 1.95. The number of hydrogen-bond acceptors (Lipinski definition) is 2. The number of aryl methyl sites for hydroxylation is 1. The Kier molecular flexibility index (Phi) is 8.51. The molecule has 0 saturated carbocycles. The summed E-state index contributed by atoms with van der Waals surface area (Å²) in [4.78, 5) is 4.59. The van der Waals surface area contributed by atoms with Gasteiger partial charge in [-0.1, -0.05) is 26.2 Å². The van der Waals surface area contributed by atoms with Crippen molar-refractivity contribution in [2.24, 2.45) is 4.99 Å². The van der Waals surface area contributed by atoms with E-state index in [2.05, 4.69) is 47.7 Å². The summed E-state index contributed by atoms with van der Waals surface area (Å²) in [6, 6.07) is 0. The molecule has 0 bridgehead atoms. The van der Waals surface area contributed by atoms with Gasteiger partial charge in [-0.3, -0.25) is 9.67 Å². The molecule has 0 aliphatic carbocycles. The zero-order valence-corrected chi connectivity index (χ0v) is 13.2. The molecule has 0 aliphatic heterocycles. The first-order chi connectivity index (χ1) is 9.76. The van der Waals surface area contributed by atoms with Gasteiger partial charge in [-0.25, -0.2) is 0 Å². The predicted molar refractivity (Wildman–Crippen MR) is 85.1 cm³/mol. The van der Waals surface area contributed by atoms with Gasteiger partial charge in [0.05, 0.1) is 12.7 Å². The van der Waals surface area contributed by atoms with Gasteiger partial charge < -0.3 is 10.6 Å². The second kappa shape index (κ2) is 10.3. The summed E-state index contributed by atoms with van der Waals surface area (Å²) in [6.07, 6.45) is 8.95. The molecular weight excluding hydrogens is 250 g/mol. The largest absolute Gasteiger partial charge is 0.357 e. The molecule has 0 unspecified atom stereocenters. The molecule has 114 valence electrons. The molecule has 5 nitrogen and oxygen atoms in total. The Morgan fingerprint density at radius 3 is 2.75 bits per heavy atom. The van der Waals surface area contributed by atoms with Crippen molar-refractivity contribution >= 4 is 5.96 Å². The van der Waals surface area contributed by atoms with Gasteiger partial charge in [0.25, 0.3) is 0 Å². The molecule has 0 spiro atoms. The van der Waals surface area contributed by atoms with Crippen LogP contribution in [0.3, 0.4) is 0 Å². The van der Waals surface area contributed by atoms with Gasteiger partial charge in [0, 0.05) is 25.8 Å². The molecule has 0 aromatic carbocycles. The lowest BCUT2D eigenvalue weighted by atomic mass is 10.2. The van der Waals surface area contributed by atoms with Crippen molar-refractivity contribution in [3.8, 4) is 0 Å². The molecular formula is C15H29N5. The molecule has 2 N–H and O–H groups in total. The first kappa shape index (κ1) is 16.5. The van der Waals surface area contributed by atoms with E-state index < -0.39 is 0 Å². The number of guanidine groups is 1. The van der Waals surface area contributed by atoms with E-state index >= 15 is 0 Å². The minimum Gasteiger partial charge on any atom is -0.357 e. The molecule has 1 rings (SSSR count). The van der Waals surface area contributed by atoms with Crippen molar-refractivity contribution in [3.63, 3.8) is 0 Å². The van der Waals surface area contributed by atoms with E-state index in [1.165, 1.54) is 31.2 Å². The summed E-state index contributed by atoms with van der Waals surface area (Å²) in [6.45, 7) is 9.85. The van der Waals surface area contributed by atoms with Crippen LogP contribution in [0.5, 0.6) is 0 Å². The SMILES string of the molecule is CCCCCCN=C(NCC)NCCn1cc(C)cn1. The summed E-state index contributed by atoms with van der Waals surface area (Å²) in [5.41, 5.74) is 1.20. The van der Waals surface area contributed by atoms with E-state index in [1.54, 1.807) is 0 Å². The van der Waals surface area contributed by atoms with Crippen LogP contribution in [0.25, 0.3) is 0 Å². The number of hydrogen-bond donors (Lipinski definition) is 2. The second-order valence-corrected chi connectivity index (χ2v) is 5.03. The van der Waals surface area contributed by atoms with Crippen molar-refractivity contribution < 1.29 is 0 Å². The van der Waals surface area contributed by atoms with E-state index in [4.69, 9.17) is 0 Å². The molecule has 0 saturated heterocycles. The smallest absolute Gasteiger partial charge is 0.191 e. The van der Waals surface area contributed by atoms with Crippen molar-refractivity contribution in [2.45, 2.75) is 53.0 Å². The van der Waals surface area contributed by atoms with Crippen molar-refractivity contribution in [1.82, 2.24) is 20.4 Å². The standard InChI is InChI=1S/C15H29N5/c1-4-6-7-8-9-17-15(16-5-2)18-10-11-20-13-14(3)12-19-20/h12-13H,4-11H2,1-3H3,(H2,16,17,18). The van der Waals surface area contributed by atoms with Crippen LogP contribution >= 0.6 is 0 Å². The Balaban J connectivity index is 2.25. The zero-order chi connectivity index (χ0) is 14.6. The number of nitrogens with zero attached hydrogens (tertiary/aromatic N) is 3. The second-order valence-electron chi connectivity index (χ2n) is 5.03. The number of nitrogens with one attached hydrogen (secondary N) is 2. The van der Waals surface area contributed by atoms with Crippen LogP contribution in [0.4, 0.5) is 0 Å². The highest BCUT2D eigenvalue weighted by Crippen LogP contribution is 1.98. The van der Waals surface area contributed by atoms with Gasteiger partial charge >= 0.3 is 0 Å². The topological polar surface area (TPSA) is 54.2 Å².